The zero-order valence-corrected chi connectivity index (χ0v) is 9.29. The van der Waals surface area contributed by atoms with E-state index in [1.165, 1.54) is 29.4 Å². The van der Waals surface area contributed by atoms with Crippen molar-refractivity contribution in [3.8, 4) is 0 Å². The van der Waals surface area contributed by atoms with Gasteiger partial charge in [0.2, 0.25) is 4.77 Å². The fourth-order valence-corrected chi connectivity index (χ4v) is 1.28. The molecule has 0 unspecified atom stereocenters. The number of rotatable bonds is 3. The van der Waals surface area contributed by atoms with Crippen molar-refractivity contribution in [3.63, 3.8) is 0 Å². The number of nitro benzene ring substituents is 1. The molecule has 86 valence electrons. The largest absolute Gasteiger partial charge is 0.269 e. The van der Waals surface area contributed by atoms with Gasteiger partial charge in [0.05, 0.1) is 11.1 Å². The summed E-state index contributed by atoms with van der Waals surface area (Å²) in [6.45, 7) is 0. The highest BCUT2D eigenvalue weighted by Gasteiger charge is 2.02. The van der Waals surface area contributed by atoms with Gasteiger partial charge in [-0.1, -0.05) is 0 Å². The van der Waals surface area contributed by atoms with Crippen molar-refractivity contribution in [2.75, 3.05) is 0 Å². The van der Waals surface area contributed by atoms with Gasteiger partial charge in [0.15, 0.2) is 0 Å². The summed E-state index contributed by atoms with van der Waals surface area (Å²) in [6, 6.07) is 6.03. The molecule has 1 aromatic carbocycles. The molecule has 7 nitrogen and oxygen atoms in total. The van der Waals surface area contributed by atoms with Crippen molar-refractivity contribution in [1.29, 1.82) is 0 Å². The smallest absolute Gasteiger partial charge is 0.258 e. The van der Waals surface area contributed by atoms with Gasteiger partial charge >= 0.3 is 0 Å². The number of nitrogens with one attached hydrogen (secondary N) is 1. The molecule has 0 fully saturated rings. The summed E-state index contributed by atoms with van der Waals surface area (Å²) < 4.78 is 1.76. The third-order valence-corrected chi connectivity index (χ3v) is 2.25. The van der Waals surface area contributed by atoms with Gasteiger partial charge in [-0.3, -0.25) is 15.2 Å². The van der Waals surface area contributed by atoms with E-state index in [-0.39, 0.29) is 5.69 Å². The van der Waals surface area contributed by atoms with E-state index in [4.69, 9.17) is 12.2 Å². The second kappa shape index (κ2) is 4.66. The molecule has 1 aromatic heterocycles. The van der Waals surface area contributed by atoms with E-state index in [0.717, 1.165) is 5.56 Å². The summed E-state index contributed by atoms with van der Waals surface area (Å²) in [5.74, 6) is 0. The van der Waals surface area contributed by atoms with Gasteiger partial charge in [0.25, 0.3) is 5.69 Å². The van der Waals surface area contributed by atoms with Crippen LogP contribution in [0.1, 0.15) is 5.56 Å². The average Bonchev–Trinajstić information content (AvgIpc) is 2.73. The number of nitrogens with zero attached hydrogens (tertiary/aromatic N) is 4. The van der Waals surface area contributed by atoms with Crippen molar-refractivity contribution < 1.29 is 4.92 Å². The number of benzene rings is 1. The summed E-state index contributed by atoms with van der Waals surface area (Å²) in [7, 11) is 0. The van der Waals surface area contributed by atoms with Crippen LogP contribution in [0.25, 0.3) is 0 Å². The lowest BCUT2D eigenvalue weighted by Crippen LogP contribution is -1.91. The topological polar surface area (TPSA) is 89.1 Å². The Bertz CT molecular complexity index is 613. The second-order valence-corrected chi connectivity index (χ2v) is 3.49. The molecule has 0 atom stereocenters. The van der Waals surface area contributed by atoms with Crippen LogP contribution in [0, 0.1) is 14.9 Å². The fraction of sp³-hybridized carbons (Fsp3) is 0. The van der Waals surface area contributed by atoms with E-state index in [2.05, 4.69) is 15.3 Å². The highest BCUT2D eigenvalue weighted by Crippen LogP contribution is 2.10. The molecular formula is C9H7N5O2S. The van der Waals surface area contributed by atoms with Gasteiger partial charge in [0, 0.05) is 12.1 Å². The highest BCUT2D eigenvalue weighted by molar-refractivity contribution is 7.71. The molecule has 0 aliphatic heterocycles. The van der Waals surface area contributed by atoms with Gasteiger partial charge in [-0.2, -0.15) is 14.9 Å². The molecular weight excluding hydrogens is 242 g/mol. The summed E-state index contributed by atoms with van der Waals surface area (Å²) in [6.07, 6.45) is 2.97. The predicted molar refractivity (Wildman–Crippen MR) is 63.5 cm³/mol. The third kappa shape index (κ3) is 2.61. The Hall–Kier alpha value is -2.35. The molecule has 0 radical (unpaired) electrons. The van der Waals surface area contributed by atoms with Crippen LogP contribution in [0.2, 0.25) is 0 Å². The Balaban J connectivity index is 2.20. The third-order valence-electron chi connectivity index (χ3n) is 1.97. The maximum Gasteiger partial charge on any atom is 0.269 e. The molecule has 8 heteroatoms. The van der Waals surface area contributed by atoms with Crippen LogP contribution in [-0.4, -0.2) is 26.0 Å². The van der Waals surface area contributed by atoms with E-state index in [1.54, 1.807) is 12.1 Å². The van der Waals surface area contributed by atoms with E-state index >= 15 is 0 Å². The summed E-state index contributed by atoms with van der Waals surface area (Å²) in [5.41, 5.74) is 0.778. The normalized spacial score (nSPS) is 10.8. The number of hydrogen-bond acceptors (Lipinski definition) is 5. The van der Waals surface area contributed by atoms with Crippen LogP contribution in [0.4, 0.5) is 5.69 Å². The Kier molecular flexibility index (Phi) is 3.06. The molecule has 0 amide bonds. The van der Waals surface area contributed by atoms with Crippen LogP contribution in [-0.2, 0) is 0 Å². The number of non-ortho nitro benzene ring substituents is 1. The maximum absolute atomic E-state index is 10.4. The number of aromatic nitrogens is 3. The predicted octanol–water partition coefficient (Wildman–Crippen LogP) is 1.73. The lowest BCUT2D eigenvalue weighted by atomic mass is 10.2. The zero-order valence-electron chi connectivity index (χ0n) is 8.48. The highest BCUT2D eigenvalue weighted by atomic mass is 32.1. The molecule has 17 heavy (non-hydrogen) atoms. The fourth-order valence-electron chi connectivity index (χ4n) is 1.14. The summed E-state index contributed by atoms with van der Waals surface area (Å²) in [5, 5.41) is 20.7. The van der Waals surface area contributed by atoms with E-state index in [9.17, 15) is 10.1 Å². The van der Waals surface area contributed by atoms with Gasteiger partial charge in [-0.15, -0.1) is 0 Å². The first-order chi connectivity index (χ1) is 8.16. The van der Waals surface area contributed by atoms with E-state index < -0.39 is 4.92 Å². The van der Waals surface area contributed by atoms with Gasteiger partial charge in [-0.05, 0) is 29.9 Å². The first-order valence-electron chi connectivity index (χ1n) is 4.57. The molecule has 0 aliphatic carbocycles. The van der Waals surface area contributed by atoms with Crippen LogP contribution in [0.15, 0.2) is 35.7 Å². The van der Waals surface area contributed by atoms with E-state index in [1.807, 2.05) is 0 Å². The molecule has 0 saturated carbocycles. The average molecular weight is 249 g/mol. The standard InChI is InChI=1S/C9H7N5O2S/c15-14(16)8-3-1-7(2-4-8)5-11-13-6-10-12-9(13)17/h1-6H,(H,12,17)/b11-5-. The van der Waals surface area contributed by atoms with Crippen molar-refractivity contribution in [2.24, 2.45) is 5.10 Å². The Labute approximate surface area is 101 Å². The quantitative estimate of drug-likeness (QED) is 0.388. The van der Waals surface area contributed by atoms with Crippen LogP contribution >= 0.6 is 12.2 Å². The maximum atomic E-state index is 10.4. The molecule has 0 saturated heterocycles. The van der Waals surface area contributed by atoms with Crippen LogP contribution in [0.5, 0.6) is 0 Å². The Morgan fingerprint density at radius 1 is 1.47 bits per heavy atom. The number of hydrogen-bond donors (Lipinski definition) is 1. The zero-order chi connectivity index (χ0) is 12.3. The van der Waals surface area contributed by atoms with Gasteiger partial charge < -0.3 is 0 Å². The first kappa shape index (κ1) is 11.1. The van der Waals surface area contributed by atoms with Gasteiger partial charge in [-0.25, -0.2) is 0 Å². The molecule has 1 N–H and O–H groups in total. The minimum absolute atomic E-state index is 0.0436. The summed E-state index contributed by atoms with van der Waals surface area (Å²) in [4.78, 5) is 9.99. The molecule has 2 rings (SSSR count). The van der Waals surface area contributed by atoms with Crippen molar-refractivity contribution in [3.05, 3.63) is 51.0 Å². The van der Waals surface area contributed by atoms with Crippen LogP contribution in [0.3, 0.4) is 0 Å². The first-order valence-corrected chi connectivity index (χ1v) is 4.98. The van der Waals surface area contributed by atoms with Crippen molar-refractivity contribution in [1.82, 2.24) is 14.9 Å². The lowest BCUT2D eigenvalue weighted by molar-refractivity contribution is -0.384. The Morgan fingerprint density at radius 2 is 2.18 bits per heavy atom. The molecule has 0 aliphatic rings. The summed E-state index contributed by atoms with van der Waals surface area (Å²) >= 11 is 4.90. The lowest BCUT2D eigenvalue weighted by Gasteiger charge is -1.93. The van der Waals surface area contributed by atoms with Gasteiger partial charge in [0.1, 0.15) is 6.33 Å². The molecule has 1 heterocycles. The second-order valence-electron chi connectivity index (χ2n) is 3.10. The van der Waals surface area contributed by atoms with Crippen molar-refractivity contribution >= 4 is 24.1 Å². The number of nitro groups is 1. The minimum atomic E-state index is -0.451. The number of H-pyrrole nitrogens is 1. The SMILES string of the molecule is O=[N+]([O-])c1ccc(/C=N\n2cn[nH]c2=S)cc1. The minimum Gasteiger partial charge on any atom is -0.258 e. The number of aromatic amines is 1. The molecule has 0 spiro atoms. The van der Waals surface area contributed by atoms with Crippen LogP contribution < -0.4 is 0 Å². The van der Waals surface area contributed by atoms with E-state index in [0.29, 0.717) is 4.77 Å². The monoisotopic (exact) mass is 249 g/mol. The van der Waals surface area contributed by atoms with Crippen molar-refractivity contribution in [2.45, 2.75) is 0 Å². The Morgan fingerprint density at radius 3 is 2.71 bits per heavy atom. The molecule has 0 bridgehead atoms. The molecule has 2 aromatic rings.